The predicted octanol–water partition coefficient (Wildman–Crippen LogP) is 2.76. The maximum absolute atomic E-state index is 5.22. The Morgan fingerprint density at radius 3 is 3.14 bits per heavy atom. The maximum atomic E-state index is 5.22. The zero-order valence-electron chi connectivity index (χ0n) is 8.42. The van der Waals surface area contributed by atoms with E-state index in [1.54, 1.807) is 7.11 Å². The molecule has 2 heteroatoms. The van der Waals surface area contributed by atoms with Crippen LogP contribution >= 0.6 is 0 Å². The zero-order valence-corrected chi connectivity index (χ0v) is 8.42. The number of ether oxygens (including phenoxy) is 1. The summed E-state index contributed by atoms with van der Waals surface area (Å²) in [6.45, 7) is 0. The van der Waals surface area contributed by atoms with E-state index in [9.17, 15) is 0 Å². The van der Waals surface area contributed by atoms with Crippen molar-refractivity contribution >= 4 is 5.69 Å². The van der Waals surface area contributed by atoms with Crippen LogP contribution in [0.15, 0.2) is 18.2 Å². The van der Waals surface area contributed by atoms with Crippen LogP contribution in [-0.2, 0) is 0 Å². The van der Waals surface area contributed by atoms with E-state index in [0.717, 1.165) is 11.7 Å². The molecule has 2 atom stereocenters. The van der Waals surface area contributed by atoms with Gasteiger partial charge >= 0.3 is 0 Å². The molecule has 0 spiro atoms. The number of nitrogens with one attached hydrogen (secondary N) is 1. The first-order valence-corrected chi connectivity index (χ1v) is 5.33. The van der Waals surface area contributed by atoms with Crippen LogP contribution in [0.3, 0.4) is 0 Å². The molecule has 1 heterocycles. The zero-order chi connectivity index (χ0) is 9.54. The Hall–Kier alpha value is -1.18. The summed E-state index contributed by atoms with van der Waals surface area (Å²) in [6, 6.07) is 7.10. The first-order chi connectivity index (χ1) is 6.88. The average molecular weight is 189 g/mol. The van der Waals surface area contributed by atoms with Gasteiger partial charge in [0, 0.05) is 23.7 Å². The topological polar surface area (TPSA) is 21.3 Å². The molecule has 0 bridgehead atoms. The van der Waals surface area contributed by atoms with Crippen LogP contribution in [0.4, 0.5) is 5.69 Å². The summed E-state index contributed by atoms with van der Waals surface area (Å²) in [6.07, 6.45) is 4.03. The monoisotopic (exact) mass is 189 g/mol. The van der Waals surface area contributed by atoms with Crippen molar-refractivity contribution in [2.45, 2.75) is 31.2 Å². The van der Waals surface area contributed by atoms with Crippen LogP contribution in [0, 0.1) is 0 Å². The second kappa shape index (κ2) is 2.91. The molecular formula is C12H15NO. The van der Waals surface area contributed by atoms with Crippen LogP contribution in [0.5, 0.6) is 5.75 Å². The number of hydrogen-bond donors (Lipinski definition) is 1. The van der Waals surface area contributed by atoms with Crippen molar-refractivity contribution in [3.05, 3.63) is 23.8 Å². The van der Waals surface area contributed by atoms with E-state index in [1.807, 2.05) is 0 Å². The summed E-state index contributed by atoms with van der Waals surface area (Å²) in [5.74, 6) is 1.71. The molecule has 0 amide bonds. The van der Waals surface area contributed by atoms with Gasteiger partial charge in [0.2, 0.25) is 0 Å². The van der Waals surface area contributed by atoms with E-state index in [2.05, 4.69) is 23.5 Å². The molecule has 3 rings (SSSR count). The minimum Gasteiger partial charge on any atom is -0.497 e. The van der Waals surface area contributed by atoms with E-state index < -0.39 is 0 Å². The highest BCUT2D eigenvalue weighted by atomic mass is 16.5. The van der Waals surface area contributed by atoms with Gasteiger partial charge in [-0.15, -0.1) is 0 Å². The molecule has 1 aliphatic heterocycles. The van der Waals surface area contributed by atoms with Gasteiger partial charge in [-0.3, -0.25) is 0 Å². The predicted molar refractivity (Wildman–Crippen MR) is 57.0 cm³/mol. The third-order valence-electron chi connectivity index (χ3n) is 3.52. The first-order valence-electron chi connectivity index (χ1n) is 5.33. The highest BCUT2D eigenvalue weighted by Crippen LogP contribution is 2.46. The van der Waals surface area contributed by atoms with Crippen molar-refractivity contribution in [3.8, 4) is 5.75 Å². The lowest BCUT2D eigenvalue weighted by Crippen LogP contribution is -2.13. The molecule has 1 aromatic rings. The number of hydrogen-bond acceptors (Lipinski definition) is 2. The van der Waals surface area contributed by atoms with E-state index in [1.165, 1.54) is 30.5 Å². The molecule has 0 radical (unpaired) electrons. The van der Waals surface area contributed by atoms with Gasteiger partial charge in [0.15, 0.2) is 0 Å². The number of methoxy groups -OCH3 is 1. The molecule has 0 aromatic heterocycles. The molecule has 1 N–H and O–H groups in total. The quantitative estimate of drug-likeness (QED) is 0.733. The Morgan fingerprint density at radius 2 is 2.29 bits per heavy atom. The molecule has 1 aromatic carbocycles. The smallest absolute Gasteiger partial charge is 0.120 e. The Labute approximate surface area is 84.3 Å². The average Bonchev–Trinajstić information content (AvgIpc) is 2.75. The molecule has 0 unspecified atom stereocenters. The number of rotatable bonds is 1. The minimum atomic E-state index is 0.692. The fourth-order valence-corrected chi connectivity index (χ4v) is 2.82. The lowest BCUT2D eigenvalue weighted by Gasteiger charge is -2.07. The second-order valence-corrected chi connectivity index (χ2v) is 4.24. The lowest BCUT2D eigenvalue weighted by molar-refractivity contribution is 0.415. The maximum Gasteiger partial charge on any atom is 0.120 e. The number of benzene rings is 1. The van der Waals surface area contributed by atoms with E-state index >= 15 is 0 Å². The fourth-order valence-electron chi connectivity index (χ4n) is 2.82. The summed E-state index contributed by atoms with van der Waals surface area (Å²) in [5.41, 5.74) is 2.78. The van der Waals surface area contributed by atoms with Crippen LogP contribution in [0.25, 0.3) is 0 Å². The van der Waals surface area contributed by atoms with Gasteiger partial charge in [-0.2, -0.15) is 0 Å². The highest BCUT2D eigenvalue weighted by molar-refractivity contribution is 5.62. The molecule has 74 valence electrons. The van der Waals surface area contributed by atoms with Crippen molar-refractivity contribution in [2.75, 3.05) is 12.4 Å². The number of anilines is 1. The van der Waals surface area contributed by atoms with E-state index in [4.69, 9.17) is 4.74 Å². The Balaban J connectivity index is 2.01. The Morgan fingerprint density at radius 1 is 1.36 bits per heavy atom. The fraction of sp³-hybridized carbons (Fsp3) is 0.500. The van der Waals surface area contributed by atoms with Crippen LogP contribution in [-0.4, -0.2) is 13.2 Å². The number of fused-ring (bicyclic) bond motifs is 3. The van der Waals surface area contributed by atoms with Crippen molar-refractivity contribution in [1.82, 2.24) is 0 Å². The molecule has 1 fully saturated rings. The minimum absolute atomic E-state index is 0.692. The van der Waals surface area contributed by atoms with Gasteiger partial charge in [0.25, 0.3) is 0 Å². The van der Waals surface area contributed by atoms with Gasteiger partial charge in [-0.05, 0) is 24.5 Å². The third-order valence-corrected chi connectivity index (χ3v) is 3.52. The van der Waals surface area contributed by atoms with Crippen LogP contribution in [0.2, 0.25) is 0 Å². The van der Waals surface area contributed by atoms with Crippen molar-refractivity contribution in [1.29, 1.82) is 0 Å². The summed E-state index contributed by atoms with van der Waals surface area (Å²) in [4.78, 5) is 0. The van der Waals surface area contributed by atoms with Gasteiger partial charge in [0.1, 0.15) is 5.75 Å². The highest BCUT2D eigenvalue weighted by Gasteiger charge is 2.35. The summed E-state index contributed by atoms with van der Waals surface area (Å²) in [5, 5.41) is 3.59. The van der Waals surface area contributed by atoms with Crippen molar-refractivity contribution in [3.63, 3.8) is 0 Å². The largest absolute Gasteiger partial charge is 0.497 e. The summed E-state index contributed by atoms with van der Waals surface area (Å²) in [7, 11) is 1.72. The summed E-state index contributed by atoms with van der Waals surface area (Å²) < 4.78 is 5.22. The van der Waals surface area contributed by atoms with Crippen molar-refractivity contribution in [2.24, 2.45) is 0 Å². The van der Waals surface area contributed by atoms with Crippen LogP contribution < -0.4 is 10.1 Å². The third kappa shape index (κ3) is 1.03. The molecule has 1 aliphatic carbocycles. The standard InChI is InChI=1S/C12H15NO/c1-14-8-5-6-10-9-3-2-4-11(9)13-12(10)7-8/h5-7,9,11,13H,2-4H2,1H3/t9-,11-/m0/s1. The van der Waals surface area contributed by atoms with E-state index in [-0.39, 0.29) is 0 Å². The Bertz CT molecular complexity index is 361. The lowest BCUT2D eigenvalue weighted by atomic mass is 9.98. The first kappa shape index (κ1) is 8.16. The SMILES string of the molecule is COc1ccc2c(c1)N[C@H]1CCC[C@@H]21. The van der Waals surface area contributed by atoms with Crippen LogP contribution in [0.1, 0.15) is 30.7 Å². The summed E-state index contributed by atoms with van der Waals surface area (Å²) >= 11 is 0. The van der Waals surface area contributed by atoms with E-state index in [0.29, 0.717) is 6.04 Å². The van der Waals surface area contributed by atoms with Gasteiger partial charge in [0.05, 0.1) is 7.11 Å². The van der Waals surface area contributed by atoms with Gasteiger partial charge < -0.3 is 10.1 Å². The Kier molecular flexibility index (Phi) is 1.69. The normalized spacial score (nSPS) is 28.1. The molecular weight excluding hydrogens is 174 g/mol. The van der Waals surface area contributed by atoms with Gasteiger partial charge in [-0.1, -0.05) is 12.5 Å². The molecule has 0 saturated heterocycles. The molecule has 2 nitrogen and oxygen atoms in total. The second-order valence-electron chi connectivity index (χ2n) is 4.24. The van der Waals surface area contributed by atoms with Gasteiger partial charge in [-0.25, -0.2) is 0 Å². The molecule has 14 heavy (non-hydrogen) atoms. The molecule has 1 saturated carbocycles. The van der Waals surface area contributed by atoms with Crippen molar-refractivity contribution < 1.29 is 4.74 Å². The molecule has 2 aliphatic rings.